The molecule has 0 aliphatic rings. The van der Waals surface area contributed by atoms with Crippen molar-refractivity contribution in [1.29, 1.82) is 0 Å². The highest BCUT2D eigenvalue weighted by atomic mass is 16.5. The molecule has 0 aliphatic carbocycles. The van der Waals surface area contributed by atoms with Crippen LogP contribution in [0.2, 0.25) is 0 Å². The zero-order valence-electron chi connectivity index (χ0n) is 17.6. The number of amides is 1. The minimum atomic E-state index is -0.454. The summed E-state index contributed by atoms with van der Waals surface area (Å²) in [5.74, 6) is -0.249. The number of carbonyl (C=O) groups excluding carboxylic acids is 2. The van der Waals surface area contributed by atoms with Gasteiger partial charge in [0.25, 0.3) is 11.5 Å². The molecule has 3 rings (SSSR count). The monoisotopic (exact) mass is 421 g/mol. The third-order valence-electron chi connectivity index (χ3n) is 4.94. The van der Waals surface area contributed by atoms with Gasteiger partial charge in [-0.3, -0.25) is 14.4 Å². The van der Waals surface area contributed by atoms with Gasteiger partial charge in [-0.1, -0.05) is 55.8 Å². The molecule has 7 heteroatoms. The molecule has 0 aliphatic heterocycles. The van der Waals surface area contributed by atoms with Crippen molar-refractivity contribution in [1.82, 2.24) is 15.3 Å². The minimum absolute atomic E-state index is 0.104. The summed E-state index contributed by atoms with van der Waals surface area (Å²) in [5, 5.41) is 3.46. The van der Waals surface area contributed by atoms with Crippen molar-refractivity contribution in [3.8, 4) is 0 Å². The molecule has 2 N–H and O–H groups in total. The normalized spacial score (nSPS) is 11.8. The number of hydrogen-bond acceptors (Lipinski definition) is 5. The molecule has 1 amide bonds. The summed E-state index contributed by atoms with van der Waals surface area (Å²) >= 11 is 0. The molecule has 162 valence electrons. The van der Waals surface area contributed by atoms with E-state index < -0.39 is 5.97 Å². The number of fused-ring (bicyclic) bond motifs is 1. The van der Waals surface area contributed by atoms with Crippen molar-refractivity contribution in [3.63, 3.8) is 0 Å². The third-order valence-corrected chi connectivity index (χ3v) is 4.94. The lowest BCUT2D eigenvalue weighted by Gasteiger charge is -2.18. The van der Waals surface area contributed by atoms with Crippen molar-refractivity contribution in [2.75, 3.05) is 6.61 Å². The highest BCUT2D eigenvalue weighted by Crippen LogP contribution is 2.18. The van der Waals surface area contributed by atoms with E-state index in [1.807, 2.05) is 36.4 Å². The van der Waals surface area contributed by atoms with E-state index in [2.05, 4.69) is 22.2 Å². The van der Waals surface area contributed by atoms with Crippen LogP contribution in [0, 0.1) is 0 Å². The molecule has 31 heavy (non-hydrogen) atoms. The quantitative estimate of drug-likeness (QED) is 0.488. The van der Waals surface area contributed by atoms with E-state index in [1.165, 1.54) is 0 Å². The average molecular weight is 421 g/mol. The molecule has 1 heterocycles. The van der Waals surface area contributed by atoms with Crippen LogP contribution in [0.1, 0.15) is 50.0 Å². The maximum atomic E-state index is 12.2. The summed E-state index contributed by atoms with van der Waals surface area (Å²) in [6.45, 7) is 1.75. The first-order valence-electron chi connectivity index (χ1n) is 10.5. The first-order chi connectivity index (χ1) is 15.1. The minimum Gasteiger partial charge on any atom is -0.456 e. The summed E-state index contributed by atoms with van der Waals surface area (Å²) in [6.07, 6.45) is 2.77. The molecule has 0 radical (unpaired) electrons. The number of esters is 1. The molecule has 0 saturated heterocycles. The number of aryl methyl sites for hydroxylation is 1. The molecule has 1 aromatic heterocycles. The van der Waals surface area contributed by atoms with Gasteiger partial charge in [0.2, 0.25) is 0 Å². The van der Waals surface area contributed by atoms with Crippen LogP contribution in [-0.4, -0.2) is 28.5 Å². The van der Waals surface area contributed by atoms with Crippen LogP contribution in [0.4, 0.5) is 0 Å². The number of benzene rings is 2. The fourth-order valence-corrected chi connectivity index (χ4v) is 3.40. The number of hydrogen-bond donors (Lipinski definition) is 2. The fraction of sp³-hybridized carbons (Fsp3) is 0.333. The van der Waals surface area contributed by atoms with Crippen molar-refractivity contribution in [3.05, 3.63) is 76.3 Å². The SMILES string of the molecule is CCCC(NC(=O)COC(=O)CCCc1nc2ccccc2c(=O)[nH]1)c1ccccc1. The molecule has 1 atom stereocenters. The van der Waals surface area contributed by atoms with E-state index in [9.17, 15) is 14.4 Å². The van der Waals surface area contributed by atoms with Gasteiger partial charge < -0.3 is 15.0 Å². The molecule has 0 fully saturated rings. The lowest BCUT2D eigenvalue weighted by molar-refractivity contribution is -0.148. The van der Waals surface area contributed by atoms with Gasteiger partial charge in [0, 0.05) is 12.8 Å². The standard InChI is InChI=1S/C24H27N3O4/c1-2-9-19(17-10-4-3-5-11-17)26-22(28)16-31-23(29)15-8-14-21-25-20-13-7-6-12-18(20)24(30)27-21/h3-7,10-13,19H,2,8-9,14-16H2,1H3,(H,26,28)(H,25,27,30). The fourth-order valence-electron chi connectivity index (χ4n) is 3.40. The number of aromatic amines is 1. The number of ether oxygens (including phenoxy) is 1. The smallest absolute Gasteiger partial charge is 0.306 e. The first-order valence-corrected chi connectivity index (χ1v) is 10.5. The molecule has 2 aromatic carbocycles. The third kappa shape index (κ3) is 6.50. The lowest BCUT2D eigenvalue weighted by Crippen LogP contribution is -2.32. The summed E-state index contributed by atoms with van der Waals surface area (Å²) in [5.41, 5.74) is 1.46. The predicted molar refractivity (Wildman–Crippen MR) is 118 cm³/mol. The Morgan fingerprint density at radius 2 is 1.84 bits per heavy atom. The van der Waals surface area contributed by atoms with E-state index in [-0.39, 0.29) is 30.5 Å². The van der Waals surface area contributed by atoms with E-state index in [0.29, 0.717) is 29.6 Å². The topological polar surface area (TPSA) is 101 Å². The van der Waals surface area contributed by atoms with Gasteiger partial charge >= 0.3 is 5.97 Å². The van der Waals surface area contributed by atoms with Crippen molar-refractivity contribution >= 4 is 22.8 Å². The van der Waals surface area contributed by atoms with Crippen LogP contribution in [0.3, 0.4) is 0 Å². The highest BCUT2D eigenvalue weighted by molar-refractivity contribution is 5.81. The zero-order valence-corrected chi connectivity index (χ0v) is 17.6. The van der Waals surface area contributed by atoms with Gasteiger partial charge in [-0.2, -0.15) is 0 Å². The maximum absolute atomic E-state index is 12.2. The number of nitrogens with one attached hydrogen (secondary N) is 2. The number of carbonyl (C=O) groups is 2. The molecular weight excluding hydrogens is 394 g/mol. The maximum Gasteiger partial charge on any atom is 0.306 e. The molecule has 0 saturated carbocycles. The summed E-state index contributed by atoms with van der Waals surface area (Å²) < 4.78 is 5.11. The van der Waals surface area contributed by atoms with Gasteiger partial charge in [-0.05, 0) is 30.5 Å². The largest absolute Gasteiger partial charge is 0.456 e. The first kappa shape index (κ1) is 22.2. The Morgan fingerprint density at radius 1 is 1.10 bits per heavy atom. The Kier molecular flexibility index (Phi) is 7.92. The van der Waals surface area contributed by atoms with E-state index in [0.717, 1.165) is 18.4 Å². The zero-order chi connectivity index (χ0) is 22.1. The van der Waals surface area contributed by atoms with E-state index >= 15 is 0 Å². The second-order valence-corrected chi connectivity index (χ2v) is 7.36. The second kappa shape index (κ2) is 11.1. The molecular formula is C24H27N3O4. The Hall–Kier alpha value is -3.48. The van der Waals surface area contributed by atoms with E-state index in [1.54, 1.807) is 18.2 Å². The van der Waals surface area contributed by atoms with E-state index in [4.69, 9.17) is 4.74 Å². The van der Waals surface area contributed by atoms with Crippen LogP contribution >= 0.6 is 0 Å². The van der Waals surface area contributed by atoms with Crippen LogP contribution in [0.15, 0.2) is 59.4 Å². The Balaban J connectivity index is 1.43. The van der Waals surface area contributed by atoms with Crippen molar-refractivity contribution in [2.24, 2.45) is 0 Å². The number of rotatable bonds is 10. The Morgan fingerprint density at radius 3 is 2.61 bits per heavy atom. The molecule has 0 spiro atoms. The summed E-state index contributed by atoms with van der Waals surface area (Å²) in [6, 6.07) is 16.7. The Labute approximate surface area is 180 Å². The van der Waals surface area contributed by atoms with Crippen LogP contribution < -0.4 is 10.9 Å². The number of nitrogens with zero attached hydrogens (tertiary/aromatic N) is 1. The number of aromatic nitrogens is 2. The lowest BCUT2D eigenvalue weighted by atomic mass is 10.0. The molecule has 1 unspecified atom stereocenters. The van der Waals surface area contributed by atoms with Crippen LogP contribution in [0.25, 0.3) is 10.9 Å². The second-order valence-electron chi connectivity index (χ2n) is 7.36. The van der Waals surface area contributed by atoms with Gasteiger partial charge in [-0.15, -0.1) is 0 Å². The molecule has 7 nitrogen and oxygen atoms in total. The summed E-state index contributed by atoms with van der Waals surface area (Å²) in [4.78, 5) is 43.5. The summed E-state index contributed by atoms with van der Waals surface area (Å²) in [7, 11) is 0. The van der Waals surface area contributed by atoms with Crippen LogP contribution in [-0.2, 0) is 20.7 Å². The average Bonchev–Trinajstić information content (AvgIpc) is 2.78. The molecule has 0 bridgehead atoms. The Bertz CT molecular complexity index is 1080. The van der Waals surface area contributed by atoms with Gasteiger partial charge in [0.15, 0.2) is 6.61 Å². The molecule has 3 aromatic rings. The highest BCUT2D eigenvalue weighted by Gasteiger charge is 2.15. The van der Waals surface area contributed by atoms with Gasteiger partial charge in [-0.25, -0.2) is 4.98 Å². The van der Waals surface area contributed by atoms with Crippen LogP contribution in [0.5, 0.6) is 0 Å². The van der Waals surface area contributed by atoms with Crippen molar-refractivity contribution in [2.45, 2.75) is 45.1 Å². The van der Waals surface area contributed by atoms with Gasteiger partial charge in [0.05, 0.1) is 16.9 Å². The number of para-hydroxylation sites is 1. The number of H-pyrrole nitrogens is 1. The predicted octanol–water partition coefficient (Wildman–Crippen LogP) is 3.45. The van der Waals surface area contributed by atoms with Gasteiger partial charge in [0.1, 0.15) is 5.82 Å². The van der Waals surface area contributed by atoms with Crippen molar-refractivity contribution < 1.29 is 14.3 Å².